The van der Waals surface area contributed by atoms with E-state index >= 15 is 0 Å². The molecule has 0 amide bonds. The van der Waals surface area contributed by atoms with Gasteiger partial charge in [-0.1, -0.05) is 0 Å². The van der Waals surface area contributed by atoms with E-state index in [4.69, 9.17) is 10.6 Å². The van der Waals surface area contributed by atoms with E-state index < -0.39 is 0 Å². The van der Waals surface area contributed by atoms with E-state index in [0.29, 0.717) is 0 Å². The Morgan fingerprint density at radius 1 is 1.35 bits per heavy atom. The predicted octanol–water partition coefficient (Wildman–Crippen LogP) is 2.18. The van der Waals surface area contributed by atoms with E-state index in [2.05, 4.69) is 16.2 Å². The molecule has 17 heavy (non-hydrogen) atoms. The highest BCUT2D eigenvalue weighted by atomic mass is 16.5. The molecular formula is C13H15N3O. The molecule has 0 bridgehead atoms. The molecule has 1 aliphatic carbocycles. The van der Waals surface area contributed by atoms with Gasteiger partial charge in [0.2, 0.25) is 0 Å². The number of aromatic amines is 1. The molecule has 2 aromatic rings. The number of hydrogen-bond donors (Lipinski definition) is 2. The lowest BCUT2D eigenvalue weighted by Gasteiger charge is -2.12. The Morgan fingerprint density at radius 3 is 3.00 bits per heavy atom. The van der Waals surface area contributed by atoms with Crippen molar-refractivity contribution in [3.05, 3.63) is 29.5 Å². The second-order valence-electron chi connectivity index (χ2n) is 4.32. The van der Waals surface area contributed by atoms with Crippen LogP contribution in [0.1, 0.15) is 24.1 Å². The highest BCUT2D eigenvalue weighted by molar-refractivity contribution is 6.06. The van der Waals surface area contributed by atoms with E-state index in [1.54, 1.807) is 7.11 Å². The Kier molecular flexibility index (Phi) is 2.28. The normalized spacial score (nSPS) is 17.4. The number of ether oxygens (including phenoxy) is 1. The predicted molar refractivity (Wildman–Crippen MR) is 68.5 cm³/mol. The van der Waals surface area contributed by atoms with E-state index in [0.717, 1.165) is 41.9 Å². The van der Waals surface area contributed by atoms with Gasteiger partial charge in [-0.3, -0.25) is 0 Å². The molecule has 0 saturated heterocycles. The van der Waals surface area contributed by atoms with E-state index in [1.165, 1.54) is 10.9 Å². The van der Waals surface area contributed by atoms with Crippen LogP contribution in [0.5, 0.6) is 5.75 Å². The van der Waals surface area contributed by atoms with Crippen LogP contribution in [-0.4, -0.2) is 17.8 Å². The number of hydrogen-bond acceptors (Lipinski definition) is 3. The molecule has 3 rings (SSSR count). The fourth-order valence-corrected chi connectivity index (χ4v) is 2.55. The maximum Gasteiger partial charge on any atom is 0.119 e. The molecule has 4 heteroatoms. The average Bonchev–Trinajstić information content (AvgIpc) is 2.76. The Bertz CT molecular complexity index is 598. The van der Waals surface area contributed by atoms with Gasteiger partial charge in [0, 0.05) is 10.9 Å². The summed E-state index contributed by atoms with van der Waals surface area (Å²) in [5.74, 6) is 6.32. The first-order valence-corrected chi connectivity index (χ1v) is 5.79. The molecule has 0 saturated carbocycles. The largest absolute Gasteiger partial charge is 0.497 e. The van der Waals surface area contributed by atoms with Crippen LogP contribution < -0.4 is 10.6 Å². The molecule has 0 atom stereocenters. The second kappa shape index (κ2) is 3.80. The third-order valence-corrected chi connectivity index (χ3v) is 3.40. The summed E-state index contributed by atoms with van der Waals surface area (Å²) in [6.45, 7) is 0. The summed E-state index contributed by atoms with van der Waals surface area (Å²) >= 11 is 0. The van der Waals surface area contributed by atoms with Crippen LogP contribution >= 0.6 is 0 Å². The van der Waals surface area contributed by atoms with Crippen molar-refractivity contribution in [2.24, 2.45) is 10.9 Å². The van der Waals surface area contributed by atoms with Gasteiger partial charge in [-0.2, -0.15) is 5.10 Å². The van der Waals surface area contributed by atoms with Crippen molar-refractivity contribution >= 4 is 16.6 Å². The maximum atomic E-state index is 5.44. The van der Waals surface area contributed by atoms with Gasteiger partial charge < -0.3 is 15.6 Å². The molecule has 88 valence electrons. The van der Waals surface area contributed by atoms with Gasteiger partial charge in [0.05, 0.1) is 18.5 Å². The standard InChI is InChI=1S/C13H15N3O/c1-17-8-5-6-11-10(7-8)9-3-2-4-12(16-14)13(9)15-11/h5-7,15H,2-4,14H2,1H3/b16-12+. The van der Waals surface area contributed by atoms with Crippen molar-refractivity contribution in [2.75, 3.05) is 7.11 Å². The molecule has 0 fully saturated rings. The molecule has 1 aromatic carbocycles. The van der Waals surface area contributed by atoms with Crippen molar-refractivity contribution in [1.29, 1.82) is 0 Å². The zero-order valence-electron chi connectivity index (χ0n) is 9.79. The highest BCUT2D eigenvalue weighted by Crippen LogP contribution is 2.31. The topological polar surface area (TPSA) is 63.4 Å². The summed E-state index contributed by atoms with van der Waals surface area (Å²) in [4.78, 5) is 3.40. The molecule has 0 radical (unpaired) electrons. The maximum absolute atomic E-state index is 5.44. The number of nitrogens with two attached hydrogens (primary N) is 1. The quantitative estimate of drug-likeness (QED) is 0.581. The molecule has 1 heterocycles. The molecule has 0 spiro atoms. The first-order chi connectivity index (χ1) is 8.33. The fraction of sp³-hybridized carbons (Fsp3) is 0.308. The van der Waals surface area contributed by atoms with Crippen LogP contribution in [0.4, 0.5) is 0 Å². The van der Waals surface area contributed by atoms with Crippen LogP contribution in [0.2, 0.25) is 0 Å². The first kappa shape index (κ1) is 10.2. The number of nitrogens with one attached hydrogen (secondary N) is 1. The number of aryl methyl sites for hydroxylation is 1. The molecule has 0 unspecified atom stereocenters. The van der Waals surface area contributed by atoms with Gasteiger partial charge in [0.1, 0.15) is 5.75 Å². The summed E-state index contributed by atoms with van der Waals surface area (Å²) in [5, 5.41) is 5.10. The van der Waals surface area contributed by atoms with Gasteiger partial charge in [0.15, 0.2) is 0 Å². The first-order valence-electron chi connectivity index (χ1n) is 5.79. The summed E-state index contributed by atoms with van der Waals surface area (Å²) < 4.78 is 5.27. The number of benzene rings is 1. The molecule has 1 aromatic heterocycles. The number of H-pyrrole nitrogens is 1. The summed E-state index contributed by atoms with van der Waals surface area (Å²) in [6.07, 6.45) is 3.13. The highest BCUT2D eigenvalue weighted by Gasteiger charge is 2.20. The summed E-state index contributed by atoms with van der Waals surface area (Å²) in [5.41, 5.74) is 4.51. The van der Waals surface area contributed by atoms with Crippen molar-refractivity contribution in [3.8, 4) is 5.75 Å². The smallest absolute Gasteiger partial charge is 0.119 e. The lowest BCUT2D eigenvalue weighted by Crippen LogP contribution is -2.12. The average molecular weight is 229 g/mol. The minimum atomic E-state index is 0.885. The number of hydrazone groups is 1. The van der Waals surface area contributed by atoms with Gasteiger partial charge in [-0.25, -0.2) is 0 Å². The van der Waals surface area contributed by atoms with Gasteiger partial charge in [-0.05, 0) is 43.0 Å². The van der Waals surface area contributed by atoms with E-state index in [9.17, 15) is 0 Å². The monoisotopic (exact) mass is 229 g/mol. The minimum absolute atomic E-state index is 0.885. The van der Waals surface area contributed by atoms with E-state index in [-0.39, 0.29) is 0 Å². The van der Waals surface area contributed by atoms with Gasteiger partial charge >= 0.3 is 0 Å². The number of rotatable bonds is 1. The number of methoxy groups -OCH3 is 1. The lowest BCUT2D eigenvalue weighted by atomic mass is 9.94. The lowest BCUT2D eigenvalue weighted by molar-refractivity contribution is 0.415. The van der Waals surface area contributed by atoms with E-state index in [1.807, 2.05) is 12.1 Å². The number of nitrogens with zero attached hydrogens (tertiary/aromatic N) is 1. The third-order valence-electron chi connectivity index (χ3n) is 3.40. The van der Waals surface area contributed by atoms with Crippen molar-refractivity contribution in [1.82, 2.24) is 4.98 Å². The molecular weight excluding hydrogens is 214 g/mol. The Balaban J connectivity index is 2.27. The summed E-state index contributed by atoms with van der Waals surface area (Å²) in [7, 11) is 1.69. The van der Waals surface area contributed by atoms with Gasteiger partial charge in [-0.15, -0.1) is 0 Å². The molecule has 1 aliphatic rings. The molecule has 3 N–H and O–H groups in total. The van der Waals surface area contributed by atoms with Crippen LogP contribution in [0.15, 0.2) is 23.3 Å². The summed E-state index contributed by atoms with van der Waals surface area (Å²) in [6, 6.07) is 6.08. The SMILES string of the molecule is COc1ccc2[nH]c3c(c2c1)CCC/C3=N\N. The van der Waals surface area contributed by atoms with Crippen molar-refractivity contribution < 1.29 is 4.74 Å². The number of fused-ring (bicyclic) bond motifs is 3. The van der Waals surface area contributed by atoms with Crippen LogP contribution in [0.3, 0.4) is 0 Å². The second-order valence-corrected chi connectivity index (χ2v) is 4.32. The van der Waals surface area contributed by atoms with Crippen LogP contribution in [-0.2, 0) is 6.42 Å². The van der Waals surface area contributed by atoms with Crippen molar-refractivity contribution in [2.45, 2.75) is 19.3 Å². The van der Waals surface area contributed by atoms with Crippen molar-refractivity contribution in [3.63, 3.8) is 0 Å². The van der Waals surface area contributed by atoms with Gasteiger partial charge in [0.25, 0.3) is 0 Å². The Hall–Kier alpha value is -1.97. The zero-order valence-corrected chi connectivity index (χ0v) is 9.79. The minimum Gasteiger partial charge on any atom is -0.497 e. The van der Waals surface area contributed by atoms with Crippen LogP contribution in [0, 0.1) is 0 Å². The third kappa shape index (κ3) is 1.48. The molecule has 4 nitrogen and oxygen atoms in total. The number of aromatic nitrogens is 1. The Morgan fingerprint density at radius 2 is 2.24 bits per heavy atom. The van der Waals surface area contributed by atoms with Crippen LogP contribution in [0.25, 0.3) is 10.9 Å². The zero-order chi connectivity index (χ0) is 11.8. The Labute approximate surface area is 99.5 Å². The fourth-order valence-electron chi connectivity index (χ4n) is 2.55. The molecule has 0 aliphatic heterocycles.